The van der Waals surface area contributed by atoms with Gasteiger partial charge in [0.25, 0.3) is 5.91 Å². The van der Waals surface area contributed by atoms with Crippen LogP contribution in [0.15, 0.2) is 59.7 Å². The van der Waals surface area contributed by atoms with Crippen LogP contribution in [0, 0.1) is 0 Å². The highest BCUT2D eigenvalue weighted by Crippen LogP contribution is 2.28. The monoisotopic (exact) mass is 305 g/mol. The number of H-pyrrole nitrogens is 1. The molecule has 0 bridgehead atoms. The zero-order valence-electron chi connectivity index (χ0n) is 12.4. The van der Waals surface area contributed by atoms with Crippen LogP contribution < -0.4 is 5.56 Å². The standard InChI is InChI=1S/C18H15N3O2/c22-17-9-15(14-3-1-2-4-16(14)20-17)18(23)21-10-13(11-21)12-5-7-19-8-6-12/h1-9,13H,10-11H2,(H,20,22). The smallest absolute Gasteiger partial charge is 0.254 e. The molecule has 2 aromatic heterocycles. The van der Waals surface area contributed by atoms with Gasteiger partial charge in [0.15, 0.2) is 0 Å². The van der Waals surface area contributed by atoms with Gasteiger partial charge in [-0.25, -0.2) is 0 Å². The minimum absolute atomic E-state index is 0.0855. The van der Waals surface area contributed by atoms with E-state index >= 15 is 0 Å². The summed E-state index contributed by atoms with van der Waals surface area (Å²) in [7, 11) is 0. The van der Waals surface area contributed by atoms with Gasteiger partial charge in [-0.15, -0.1) is 0 Å². The highest BCUT2D eigenvalue weighted by Gasteiger charge is 2.32. The molecule has 4 rings (SSSR count). The molecule has 1 aliphatic heterocycles. The van der Waals surface area contributed by atoms with Gasteiger partial charge in [-0.1, -0.05) is 18.2 Å². The van der Waals surface area contributed by atoms with Gasteiger partial charge in [0.05, 0.1) is 5.56 Å². The summed E-state index contributed by atoms with van der Waals surface area (Å²) in [5.41, 5.74) is 2.10. The number of hydrogen-bond acceptors (Lipinski definition) is 3. The van der Waals surface area contributed by atoms with Crippen molar-refractivity contribution in [2.75, 3.05) is 13.1 Å². The molecule has 23 heavy (non-hydrogen) atoms. The van der Waals surface area contributed by atoms with E-state index in [2.05, 4.69) is 9.97 Å². The highest BCUT2D eigenvalue weighted by molar-refractivity contribution is 6.06. The lowest BCUT2D eigenvalue weighted by Gasteiger charge is -2.39. The zero-order chi connectivity index (χ0) is 15.8. The first-order valence-electron chi connectivity index (χ1n) is 7.53. The first kappa shape index (κ1) is 13.7. The van der Waals surface area contributed by atoms with Crippen LogP contribution in [0.5, 0.6) is 0 Å². The molecular formula is C18H15N3O2. The van der Waals surface area contributed by atoms with Crippen LogP contribution in [0.25, 0.3) is 10.9 Å². The van der Waals surface area contributed by atoms with Crippen LogP contribution in [-0.2, 0) is 0 Å². The number of carbonyl (C=O) groups is 1. The molecule has 1 saturated heterocycles. The van der Waals surface area contributed by atoms with Gasteiger partial charge in [-0.3, -0.25) is 14.6 Å². The summed E-state index contributed by atoms with van der Waals surface area (Å²) in [4.78, 5) is 33.1. The fraction of sp³-hybridized carbons (Fsp3) is 0.167. The molecule has 3 heterocycles. The Morgan fingerprint density at radius 3 is 2.65 bits per heavy atom. The maximum atomic E-state index is 12.7. The molecule has 1 amide bonds. The Kier molecular flexibility index (Phi) is 3.19. The van der Waals surface area contributed by atoms with Crippen molar-refractivity contribution >= 4 is 16.8 Å². The van der Waals surface area contributed by atoms with Gasteiger partial charge in [0.2, 0.25) is 5.56 Å². The largest absolute Gasteiger partial charge is 0.337 e. The number of amides is 1. The highest BCUT2D eigenvalue weighted by atomic mass is 16.2. The normalized spacial score (nSPS) is 14.7. The summed E-state index contributed by atoms with van der Waals surface area (Å²) in [5.74, 6) is 0.257. The predicted octanol–water partition coefficient (Wildman–Crippen LogP) is 2.16. The number of aromatic amines is 1. The van der Waals surface area contributed by atoms with Gasteiger partial charge in [0, 0.05) is 48.4 Å². The Morgan fingerprint density at radius 1 is 1.13 bits per heavy atom. The molecule has 0 radical (unpaired) electrons. The molecule has 1 aromatic carbocycles. The number of hydrogen-bond donors (Lipinski definition) is 1. The fourth-order valence-electron chi connectivity index (χ4n) is 3.04. The lowest BCUT2D eigenvalue weighted by molar-refractivity contribution is 0.0604. The zero-order valence-corrected chi connectivity index (χ0v) is 12.4. The third kappa shape index (κ3) is 2.40. The van der Waals surface area contributed by atoms with E-state index in [1.165, 1.54) is 11.6 Å². The van der Waals surface area contributed by atoms with Crippen molar-refractivity contribution in [3.63, 3.8) is 0 Å². The van der Waals surface area contributed by atoms with Crippen molar-refractivity contribution in [3.8, 4) is 0 Å². The number of rotatable bonds is 2. The van der Waals surface area contributed by atoms with E-state index in [0.29, 0.717) is 30.1 Å². The molecule has 0 aliphatic carbocycles. The van der Waals surface area contributed by atoms with Crippen LogP contribution in [0.1, 0.15) is 21.8 Å². The molecular weight excluding hydrogens is 290 g/mol. The average Bonchev–Trinajstić information content (AvgIpc) is 2.53. The lowest BCUT2D eigenvalue weighted by Crippen LogP contribution is -2.48. The maximum Gasteiger partial charge on any atom is 0.254 e. The molecule has 5 nitrogen and oxygen atoms in total. The van der Waals surface area contributed by atoms with Crippen molar-refractivity contribution < 1.29 is 4.79 Å². The average molecular weight is 305 g/mol. The van der Waals surface area contributed by atoms with Crippen LogP contribution in [0.3, 0.4) is 0 Å². The van der Waals surface area contributed by atoms with Gasteiger partial charge in [-0.05, 0) is 23.8 Å². The quantitative estimate of drug-likeness (QED) is 0.789. The number of fused-ring (bicyclic) bond motifs is 1. The Hall–Kier alpha value is -2.95. The number of nitrogens with zero attached hydrogens (tertiary/aromatic N) is 2. The van der Waals surface area contributed by atoms with Crippen molar-refractivity contribution in [2.24, 2.45) is 0 Å². The number of carbonyl (C=O) groups excluding carboxylic acids is 1. The number of aromatic nitrogens is 2. The topological polar surface area (TPSA) is 66.1 Å². The van der Waals surface area contributed by atoms with Gasteiger partial charge >= 0.3 is 0 Å². The van der Waals surface area contributed by atoms with Crippen LogP contribution in [-0.4, -0.2) is 33.9 Å². The van der Waals surface area contributed by atoms with Crippen molar-refractivity contribution in [1.29, 1.82) is 0 Å². The second-order valence-electron chi connectivity index (χ2n) is 5.78. The summed E-state index contributed by atoms with van der Waals surface area (Å²) >= 11 is 0. The second-order valence-corrected chi connectivity index (χ2v) is 5.78. The Labute approximate surface area is 132 Å². The van der Waals surface area contributed by atoms with Crippen molar-refractivity contribution in [2.45, 2.75) is 5.92 Å². The molecule has 114 valence electrons. The van der Waals surface area contributed by atoms with Gasteiger partial charge in [0.1, 0.15) is 0 Å². The van der Waals surface area contributed by atoms with Gasteiger partial charge < -0.3 is 9.88 Å². The summed E-state index contributed by atoms with van der Waals surface area (Å²) in [5, 5.41) is 0.782. The molecule has 1 fully saturated rings. The van der Waals surface area contributed by atoms with E-state index in [-0.39, 0.29) is 11.5 Å². The Balaban J connectivity index is 1.61. The van der Waals surface area contributed by atoms with Crippen molar-refractivity contribution in [3.05, 3.63) is 76.3 Å². The lowest BCUT2D eigenvalue weighted by atomic mass is 9.91. The maximum absolute atomic E-state index is 12.7. The predicted molar refractivity (Wildman–Crippen MR) is 87.5 cm³/mol. The minimum atomic E-state index is -0.252. The van der Waals surface area contributed by atoms with E-state index in [4.69, 9.17) is 0 Å². The summed E-state index contributed by atoms with van der Waals surface area (Å²) in [6, 6.07) is 12.7. The number of likely N-dealkylation sites (tertiary alicyclic amines) is 1. The van der Waals surface area contributed by atoms with E-state index < -0.39 is 0 Å². The van der Waals surface area contributed by atoms with E-state index in [1.807, 2.05) is 36.4 Å². The summed E-state index contributed by atoms with van der Waals surface area (Å²) in [6.07, 6.45) is 3.54. The number of pyridine rings is 2. The summed E-state index contributed by atoms with van der Waals surface area (Å²) in [6.45, 7) is 1.34. The van der Waals surface area contributed by atoms with Crippen molar-refractivity contribution in [1.82, 2.24) is 14.9 Å². The molecule has 1 N–H and O–H groups in total. The van der Waals surface area contributed by atoms with Crippen LogP contribution in [0.4, 0.5) is 0 Å². The minimum Gasteiger partial charge on any atom is -0.337 e. The third-order valence-corrected chi connectivity index (χ3v) is 4.33. The molecule has 0 saturated carbocycles. The third-order valence-electron chi connectivity index (χ3n) is 4.33. The number of para-hydroxylation sites is 1. The van der Waals surface area contributed by atoms with Gasteiger partial charge in [-0.2, -0.15) is 0 Å². The molecule has 5 heteroatoms. The molecule has 0 unspecified atom stereocenters. The van der Waals surface area contributed by atoms with Crippen LogP contribution >= 0.6 is 0 Å². The van der Waals surface area contributed by atoms with E-state index in [0.717, 1.165) is 5.39 Å². The van der Waals surface area contributed by atoms with E-state index in [9.17, 15) is 9.59 Å². The molecule has 0 spiro atoms. The second kappa shape index (κ2) is 5.35. The number of nitrogens with one attached hydrogen (secondary N) is 1. The summed E-state index contributed by atoms with van der Waals surface area (Å²) < 4.78 is 0. The van der Waals surface area contributed by atoms with E-state index in [1.54, 1.807) is 17.3 Å². The Bertz CT molecular complexity index is 928. The molecule has 1 aliphatic rings. The molecule has 0 atom stereocenters. The Morgan fingerprint density at radius 2 is 1.87 bits per heavy atom. The number of benzene rings is 1. The first-order valence-corrected chi connectivity index (χ1v) is 7.53. The fourth-order valence-corrected chi connectivity index (χ4v) is 3.04. The SMILES string of the molecule is O=C(c1cc(=O)[nH]c2ccccc12)N1CC(c2ccncc2)C1. The molecule has 3 aromatic rings. The van der Waals surface area contributed by atoms with Crippen LogP contribution in [0.2, 0.25) is 0 Å². The first-order chi connectivity index (χ1) is 11.2.